The molecule has 0 radical (unpaired) electrons. The molecule has 72 heavy (non-hydrogen) atoms. The van der Waals surface area contributed by atoms with E-state index in [4.69, 9.17) is 4.98 Å². The minimum Gasteiger partial charge on any atom is -0.334 e. The smallest absolute Gasteiger partial charge is 0.139 e. The Morgan fingerprint density at radius 1 is 0.250 bits per heavy atom. The molecule has 9 aromatic carbocycles. The van der Waals surface area contributed by atoms with Gasteiger partial charge in [-0.15, -0.1) is 0 Å². The fourth-order valence-corrected chi connectivity index (χ4v) is 10.1. The van der Waals surface area contributed by atoms with Gasteiger partial charge < -0.3 is 9.13 Å². The van der Waals surface area contributed by atoms with Gasteiger partial charge in [0.25, 0.3) is 0 Å². The Labute approximate surface area is 420 Å². The van der Waals surface area contributed by atoms with Crippen molar-refractivity contribution in [1.29, 1.82) is 0 Å². The van der Waals surface area contributed by atoms with E-state index in [1.54, 1.807) is 0 Å². The molecule has 0 N–H and O–H groups in total. The van der Waals surface area contributed by atoms with Crippen molar-refractivity contribution in [2.24, 2.45) is 14.1 Å². The summed E-state index contributed by atoms with van der Waals surface area (Å²) in [5.74, 6) is 1.88. The lowest BCUT2D eigenvalue weighted by atomic mass is 9.85. The van der Waals surface area contributed by atoms with Crippen molar-refractivity contribution in [2.45, 2.75) is 0 Å². The Balaban J connectivity index is 1.04. The maximum Gasteiger partial charge on any atom is 0.139 e. The SMILES string of the molecule is Cn1ccnc1-c1ccc(-c2ccccc2-c2cc(-c3ccccc3-c3ccc(-c4nccn4C)cc3)cc(-c3ccccc3-c3cnc(-c4ccccc4)cc3-c3ccc(-c4ccccc4)cc3)c2)cc1. The van der Waals surface area contributed by atoms with Crippen molar-refractivity contribution in [1.82, 2.24) is 24.1 Å². The predicted molar refractivity (Wildman–Crippen MR) is 298 cm³/mol. The second-order valence-corrected chi connectivity index (χ2v) is 18.2. The molecule has 12 rings (SSSR count). The fraction of sp³-hybridized carbons (Fsp3) is 0.0299. The van der Waals surface area contributed by atoms with Crippen molar-refractivity contribution < 1.29 is 0 Å². The number of aromatic nitrogens is 5. The predicted octanol–water partition coefficient (Wildman–Crippen LogP) is 16.9. The van der Waals surface area contributed by atoms with Crippen molar-refractivity contribution in [3.8, 4) is 123 Å². The fourth-order valence-electron chi connectivity index (χ4n) is 10.1. The van der Waals surface area contributed by atoms with E-state index in [2.05, 4.69) is 256 Å². The van der Waals surface area contributed by atoms with Crippen LogP contribution in [0.4, 0.5) is 0 Å². The second kappa shape index (κ2) is 19.2. The molecule has 342 valence electrons. The average Bonchev–Trinajstić information content (AvgIpc) is 4.10. The Morgan fingerprint density at radius 2 is 0.583 bits per heavy atom. The molecule has 0 bridgehead atoms. The molecule has 0 aliphatic heterocycles. The van der Waals surface area contributed by atoms with Crippen LogP contribution in [0.15, 0.2) is 262 Å². The lowest BCUT2D eigenvalue weighted by Gasteiger charge is -2.19. The standard InChI is InChI=1S/C67H49N5/c1-71-39-37-68-66(71)52-33-29-48(30-34-52)57-19-9-11-21-59(57)54-41-55(60-22-12-10-20-58(60)49-31-35-53(36-32-49)67-69-38-40-72(67)2)43-56(42-54)61-23-13-14-24-62(61)64-45-70-65(51-17-7-4-8-18-51)44-63(64)50-27-25-47(26-28-50)46-15-5-3-6-16-46/h3-45H,1-2H3. The molecule has 0 amide bonds. The van der Waals surface area contributed by atoms with Gasteiger partial charge in [0.2, 0.25) is 0 Å². The molecule has 0 saturated heterocycles. The highest BCUT2D eigenvalue weighted by Crippen LogP contribution is 2.45. The van der Waals surface area contributed by atoms with E-state index in [1.165, 1.54) is 11.1 Å². The minimum atomic E-state index is 0.928. The molecule has 0 unspecified atom stereocenters. The molecule has 0 fully saturated rings. The van der Waals surface area contributed by atoms with Gasteiger partial charge in [0.1, 0.15) is 11.6 Å². The van der Waals surface area contributed by atoms with E-state index in [0.29, 0.717) is 0 Å². The van der Waals surface area contributed by atoms with Gasteiger partial charge in [-0.05, 0) is 108 Å². The van der Waals surface area contributed by atoms with Crippen LogP contribution in [-0.2, 0) is 14.1 Å². The van der Waals surface area contributed by atoms with Gasteiger partial charge in [0.05, 0.1) is 5.69 Å². The van der Waals surface area contributed by atoms with Crippen molar-refractivity contribution >= 4 is 0 Å². The van der Waals surface area contributed by atoms with E-state index >= 15 is 0 Å². The largest absolute Gasteiger partial charge is 0.334 e. The van der Waals surface area contributed by atoms with Crippen LogP contribution in [0, 0.1) is 0 Å². The first-order valence-electron chi connectivity index (χ1n) is 24.3. The van der Waals surface area contributed by atoms with Crippen LogP contribution in [0.1, 0.15) is 0 Å². The highest BCUT2D eigenvalue weighted by Gasteiger charge is 2.19. The third-order valence-corrected chi connectivity index (χ3v) is 13.8. The molecule has 0 aliphatic rings. The third-order valence-electron chi connectivity index (χ3n) is 13.8. The summed E-state index contributed by atoms with van der Waals surface area (Å²) in [7, 11) is 4.06. The van der Waals surface area contributed by atoms with Gasteiger partial charge in [-0.25, -0.2) is 9.97 Å². The zero-order valence-corrected chi connectivity index (χ0v) is 40.1. The van der Waals surface area contributed by atoms with Gasteiger partial charge in [0.15, 0.2) is 0 Å². The van der Waals surface area contributed by atoms with E-state index in [9.17, 15) is 0 Å². The topological polar surface area (TPSA) is 48.5 Å². The molecule has 0 atom stereocenters. The van der Waals surface area contributed by atoms with Crippen LogP contribution in [0.3, 0.4) is 0 Å². The Bertz CT molecular complexity index is 3700. The van der Waals surface area contributed by atoms with E-state index < -0.39 is 0 Å². The molecule has 0 spiro atoms. The first kappa shape index (κ1) is 43.8. The summed E-state index contributed by atoms with van der Waals surface area (Å²) in [5.41, 5.74) is 22.3. The van der Waals surface area contributed by atoms with Gasteiger partial charge in [-0.1, -0.05) is 206 Å². The minimum absolute atomic E-state index is 0.928. The monoisotopic (exact) mass is 923 g/mol. The summed E-state index contributed by atoms with van der Waals surface area (Å²) >= 11 is 0. The molecule has 12 aromatic rings. The first-order valence-corrected chi connectivity index (χ1v) is 24.3. The normalized spacial score (nSPS) is 11.2. The van der Waals surface area contributed by atoms with Gasteiger partial charge >= 0.3 is 0 Å². The first-order chi connectivity index (χ1) is 35.5. The van der Waals surface area contributed by atoms with E-state index in [1.807, 2.05) is 38.9 Å². The van der Waals surface area contributed by atoms with Crippen molar-refractivity contribution in [3.63, 3.8) is 0 Å². The highest BCUT2D eigenvalue weighted by molar-refractivity contribution is 5.97. The zero-order chi connectivity index (χ0) is 48.4. The molecule has 0 saturated carbocycles. The van der Waals surface area contributed by atoms with Crippen LogP contribution in [0.5, 0.6) is 0 Å². The average molecular weight is 924 g/mol. The molecule has 3 heterocycles. The summed E-state index contributed by atoms with van der Waals surface area (Å²) in [5, 5.41) is 0. The van der Waals surface area contributed by atoms with Gasteiger partial charge in [-0.2, -0.15) is 0 Å². The van der Waals surface area contributed by atoms with Crippen LogP contribution >= 0.6 is 0 Å². The zero-order valence-electron chi connectivity index (χ0n) is 40.1. The lowest BCUT2D eigenvalue weighted by molar-refractivity contribution is 0.925. The van der Waals surface area contributed by atoms with Crippen LogP contribution in [-0.4, -0.2) is 24.1 Å². The maximum atomic E-state index is 5.18. The van der Waals surface area contributed by atoms with Crippen LogP contribution in [0.25, 0.3) is 123 Å². The molecular weight excluding hydrogens is 875 g/mol. The van der Waals surface area contributed by atoms with Crippen molar-refractivity contribution in [3.05, 3.63) is 262 Å². The quantitative estimate of drug-likeness (QED) is 0.130. The number of aryl methyl sites for hydroxylation is 2. The second-order valence-electron chi connectivity index (χ2n) is 18.2. The number of benzene rings is 9. The van der Waals surface area contributed by atoms with Crippen LogP contribution in [0.2, 0.25) is 0 Å². The molecule has 3 aromatic heterocycles. The summed E-state index contributed by atoms with van der Waals surface area (Å²) in [6.07, 6.45) is 9.72. The van der Waals surface area contributed by atoms with Crippen LogP contribution < -0.4 is 0 Å². The van der Waals surface area contributed by atoms with Crippen molar-refractivity contribution in [2.75, 3.05) is 0 Å². The molecule has 0 aliphatic carbocycles. The number of pyridine rings is 1. The third kappa shape index (κ3) is 8.54. The van der Waals surface area contributed by atoms with Gasteiger partial charge in [-0.3, -0.25) is 4.98 Å². The number of hydrogen-bond donors (Lipinski definition) is 0. The Kier molecular flexibility index (Phi) is 11.7. The van der Waals surface area contributed by atoms with Gasteiger partial charge in [0, 0.05) is 67.3 Å². The summed E-state index contributed by atoms with van der Waals surface area (Å²) in [6.45, 7) is 0. The highest BCUT2D eigenvalue weighted by atomic mass is 15.0. The summed E-state index contributed by atoms with van der Waals surface area (Å²) in [4.78, 5) is 14.4. The van der Waals surface area contributed by atoms with E-state index in [0.717, 1.165) is 112 Å². The Hall–Kier alpha value is -9.45. The van der Waals surface area contributed by atoms with E-state index in [-0.39, 0.29) is 0 Å². The number of nitrogens with zero attached hydrogens (tertiary/aromatic N) is 5. The number of imidazole rings is 2. The molecule has 5 nitrogen and oxygen atoms in total. The maximum absolute atomic E-state index is 5.18. The summed E-state index contributed by atoms with van der Waals surface area (Å²) < 4.78 is 4.11. The number of rotatable bonds is 11. The molecular formula is C67H49N5. The summed E-state index contributed by atoms with van der Waals surface area (Å²) in [6, 6.07) is 83.2. The Morgan fingerprint density at radius 3 is 1.01 bits per heavy atom. The molecule has 5 heteroatoms. The lowest BCUT2D eigenvalue weighted by Crippen LogP contribution is -1.95. The number of hydrogen-bond acceptors (Lipinski definition) is 3.